The van der Waals surface area contributed by atoms with Crippen LogP contribution in [0.2, 0.25) is 0 Å². The minimum absolute atomic E-state index is 0.165. The van der Waals surface area contributed by atoms with Gasteiger partial charge in [-0.1, -0.05) is 69.3 Å². The van der Waals surface area contributed by atoms with Crippen LogP contribution < -0.4 is 0 Å². The summed E-state index contributed by atoms with van der Waals surface area (Å²) in [5.74, 6) is 0. The highest BCUT2D eigenvalue weighted by atomic mass is 14.6. The maximum absolute atomic E-state index is 7.20. The van der Waals surface area contributed by atoms with Crippen LogP contribution >= 0.6 is 0 Å². The predicted molar refractivity (Wildman–Crippen MR) is 76.8 cm³/mol. The lowest BCUT2D eigenvalue weighted by atomic mass is 9.86. The summed E-state index contributed by atoms with van der Waals surface area (Å²) in [6.07, 6.45) is 0. The average Bonchev–Trinajstić information content (AvgIpc) is 2.38. The Bertz CT molecular complexity index is 580. The standard InChI is InChI=1S/C17H17N/c1-17(2,3)14-11-9-13(10-12-14)15-7-5-6-8-16(15)18-4/h5-12H,1-3H3. The first-order valence-electron chi connectivity index (χ1n) is 6.10. The maximum atomic E-state index is 7.20. The second-order valence-corrected chi connectivity index (χ2v) is 5.46. The van der Waals surface area contributed by atoms with Gasteiger partial charge in [0.05, 0.1) is 6.57 Å². The second-order valence-electron chi connectivity index (χ2n) is 5.46. The molecule has 0 atom stereocenters. The van der Waals surface area contributed by atoms with Crippen LogP contribution in [0.1, 0.15) is 26.3 Å². The summed E-state index contributed by atoms with van der Waals surface area (Å²) in [6.45, 7) is 13.8. The van der Waals surface area contributed by atoms with Crippen molar-refractivity contribution < 1.29 is 0 Å². The van der Waals surface area contributed by atoms with E-state index in [4.69, 9.17) is 6.57 Å². The van der Waals surface area contributed by atoms with Crippen LogP contribution in [0.25, 0.3) is 16.0 Å². The summed E-state index contributed by atoms with van der Waals surface area (Å²) in [7, 11) is 0. The highest BCUT2D eigenvalue weighted by Crippen LogP contribution is 2.31. The molecule has 0 aliphatic heterocycles. The lowest BCUT2D eigenvalue weighted by Crippen LogP contribution is -2.10. The molecule has 0 bridgehead atoms. The lowest BCUT2D eigenvalue weighted by Gasteiger charge is -2.19. The van der Waals surface area contributed by atoms with Crippen LogP contribution in [0, 0.1) is 6.57 Å². The minimum Gasteiger partial charge on any atom is -0.238 e. The molecular formula is C17H17N. The molecule has 18 heavy (non-hydrogen) atoms. The van der Waals surface area contributed by atoms with E-state index in [1.165, 1.54) is 5.56 Å². The normalized spacial score (nSPS) is 11.0. The molecule has 90 valence electrons. The number of hydrogen-bond donors (Lipinski definition) is 0. The van der Waals surface area contributed by atoms with E-state index in [9.17, 15) is 0 Å². The minimum atomic E-state index is 0.165. The molecule has 0 aliphatic carbocycles. The van der Waals surface area contributed by atoms with E-state index in [0.717, 1.165) is 11.1 Å². The van der Waals surface area contributed by atoms with Gasteiger partial charge in [0.2, 0.25) is 0 Å². The van der Waals surface area contributed by atoms with E-state index in [2.05, 4.69) is 49.9 Å². The first-order chi connectivity index (χ1) is 8.52. The molecule has 2 aromatic rings. The van der Waals surface area contributed by atoms with Gasteiger partial charge in [-0.25, -0.2) is 4.85 Å². The number of rotatable bonds is 1. The SMILES string of the molecule is [C-]#[N+]c1ccccc1-c1ccc(C(C)(C)C)cc1. The van der Waals surface area contributed by atoms with Gasteiger partial charge in [-0.05, 0) is 22.1 Å². The van der Waals surface area contributed by atoms with Gasteiger partial charge in [-0.3, -0.25) is 0 Å². The molecule has 0 saturated heterocycles. The molecule has 0 N–H and O–H groups in total. The van der Waals surface area contributed by atoms with Crippen molar-refractivity contribution in [3.05, 3.63) is 65.5 Å². The van der Waals surface area contributed by atoms with Crippen molar-refractivity contribution in [3.63, 3.8) is 0 Å². The van der Waals surface area contributed by atoms with Gasteiger partial charge in [-0.15, -0.1) is 0 Å². The Balaban J connectivity index is 2.45. The zero-order valence-corrected chi connectivity index (χ0v) is 11.1. The zero-order valence-electron chi connectivity index (χ0n) is 11.1. The molecule has 0 fully saturated rings. The van der Waals surface area contributed by atoms with Gasteiger partial charge in [0, 0.05) is 0 Å². The molecular weight excluding hydrogens is 218 g/mol. The van der Waals surface area contributed by atoms with E-state index in [1.54, 1.807) is 0 Å². The van der Waals surface area contributed by atoms with Crippen molar-refractivity contribution in [2.45, 2.75) is 26.2 Å². The fraction of sp³-hybridized carbons (Fsp3) is 0.235. The Morgan fingerprint density at radius 2 is 1.50 bits per heavy atom. The largest absolute Gasteiger partial charge is 0.238 e. The monoisotopic (exact) mass is 235 g/mol. The molecule has 2 rings (SSSR count). The van der Waals surface area contributed by atoms with Crippen LogP contribution in [-0.4, -0.2) is 0 Å². The Morgan fingerprint density at radius 1 is 0.889 bits per heavy atom. The molecule has 2 aromatic carbocycles. The third-order valence-electron chi connectivity index (χ3n) is 3.09. The van der Waals surface area contributed by atoms with Crippen LogP contribution in [0.3, 0.4) is 0 Å². The van der Waals surface area contributed by atoms with Crippen molar-refractivity contribution >= 4 is 5.69 Å². The van der Waals surface area contributed by atoms with Gasteiger partial charge in [0.25, 0.3) is 0 Å². The van der Waals surface area contributed by atoms with Gasteiger partial charge in [0.1, 0.15) is 0 Å². The first kappa shape index (κ1) is 12.4. The number of nitrogens with zero attached hydrogens (tertiary/aromatic N) is 1. The number of hydrogen-bond acceptors (Lipinski definition) is 0. The Labute approximate surface area is 109 Å². The second kappa shape index (κ2) is 4.66. The number of benzene rings is 2. The molecule has 0 spiro atoms. The summed E-state index contributed by atoms with van der Waals surface area (Å²) < 4.78 is 0. The molecule has 0 saturated carbocycles. The smallest absolute Gasteiger partial charge is 0.194 e. The predicted octanol–water partition coefficient (Wildman–Crippen LogP) is 5.20. The van der Waals surface area contributed by atoms with Crippen LogP contribution in [0.4, 0.5) is 5.69 Å². The fourth-order valence-electron chi connectivity index (χ4n) is 1.97. The Hall–Kier alpha value is -2.07. The van der Waals surface area contributed by atoms with E-state index < -0.39 is 0 Å². The average molecular weight is 235 g/mol. The Kier molecular flexibility index (Phi) is 3.21. The zero-order chi connectivity index (χ0) is 13.2. The van der Waals surface area contributed by atoms with Crippen molar-refractivity contribution in [2.75, 3.05) is 0 Å². The Morgan fingerprint density at radius 3 is 2.06 bits per heavy atom. The summed E-state index contributed by atoms with van der Waals surface area (Å²) in [4.78, 5) is 3.57. The van der Waals surface area contributed by atoms with Crippen molar-refractivity contribution in [3.8, 4) is 11.1 Å². The van der Waals surface area contributed by atoms with Crippen molar-refractivity contribution in [2.24, 2.45) is 0 Å². The summed E-state index contributed by atoms with van der Waals surface area (Å²) in [5.41, 5.74) is 4.30. The quantitative estimate of drug-likeness (QED) is 0.598. The molecule has 0 aromatic heterocycles. The van der Waals surface area contributed by atoms with Crippen molar-refractivity contribution in [1.29, 1.82) is 0 Å². The molecule has 0 aliphatic rings. The van der Waals surface area contributed by atoms with Crippen molar-refractivity contribution in [1.82, 2.24) is 0 Å². The molecule has 0 heterocycles. The summed E-state index contributed by atoms with van der Waals surface area (Å²) >= 11 is 0. The van der Waals surface area contributed by atoms with E-state index in [1.807, 2.05) is 24.3 Å². The van der Waals surface area contributed by atoms with Crippen LogP contribution in [0.15, 0.2) is 48.5 Å². The lowest BCUT2D eigenvalue weighted by molar-refractivity contribution is 0.590. The molecule has 0 amide bonds. The topological polar surface area (TPSA) is 4.36 Å². The van der Waals surface area contributed by atoms with Crippen LogP contribution in [-0.2, 0) is 5.41 Å². The van der Waals surface area contributed by atoms with Gasteiger partial charge < -0.3 is 0 Å². The van der Waals surface area contributed by atoms with Crippen LogP contribution in [0.5, 0.6) is 0 Å². The van der Waals surface area contributed by atoms with Gasteiger partial charge >= 0.3 is 0 Å². The molecule has 0 radical (unpaired) electrons. The van der Waals surface area contributed by atoms with E-state index in [0.29, 0.717) is 5.69 Å². The van der Waals surface area contributed by atoms with E-state index >= 15 is 0 Å². The molecule has 0 unspecified atom stereocenters. The third-order valence-corrected chi connectivity index (χ3v) is 3.09. The van der Waals surface area contributed by atoms with Gasteiger partial charge in [0.15, 0.2) is 5.69 Å². The first-order valence-corrected chi connectivity index (χ1v) is 6.10. The molecule has 1 heteroatoms. The highest BCUT2D eigenvalue weighted by Gasteiger charge is 2.13. The van der Waals surface area contributed by atoms with E-state index in [-0.39, 0.29) is 5.41 Å². The highest BCUT2D eigenvalue weighted by molar-refractivity contribution is 5.78. The maximum Gasteiger partial charge on any atom is 0.194 e. The summed E-state index contributed by atoms with van der Waals surface area (Å²) in [6, 6.07) is 16.2. The van der Waals surface area contributed by atoms with Gasteiger partial charge in [-0.2, -0.15) is 0 Å². The molecule has 1 nitrogen and oxygen atoms in total. The number of para-hydroxylation sites is 1. The summed E-state index contributed by atoms with van der Waals surface area (Å²) in [5, 5.41) is 0. The fourth-order valence-corrected chi connectivity index (χ4v) is 1.97. The third kappa shape index (κ3) is 2.43.